The molecule has 0 aliphatic carbocycles. The average molecular weight is 409 g/mol. The van der Waals surface area contributed by atoms with E-state index in [4.69, 9.17) is 10.5 Å². The molecule has 6 heteroatoms. The largest absolute Gasteiger partial charge is 0.423 e. The third-order valence-electron chi connectivity index (χ3n) is 4.65. The van der Waals surface area contributed by atoms with Gasteiger partial charge in [0.15, 0.2) is 0 Å². The second-order valence-corrected chi connectivity index (χ2v) is 6.81. The molecule has 0 heterocycles. The lowest BCUT2D eigenvalue weighted by Gasteiger charge is -2.07. The number of ether oxygens (including phenoxy) is 1. The first-order valence-electron chi connectivity index (χ1n) is 9.59. The first-order valence-corrected chi connectivity index (χ1v) is 9.59. The lowest BCUT2D eigenvalue weighted by molar-refractivity contribution is 0.0736. The molecule has 0 saturated heterocycles. The molecular formula is C25H19N3O3. The second-order valence-electron chi connectivity index (χ2n) is 6.81. The monoisotopic (exact) mass is 409 g/mol. The van der Waals surface area contributed by atoms with Crippen molar-refractivity contribution in [2.75, 3.05) is 5.73 Å². The molecule has 0 saturated carbocycles. The molecule has 0 aliphatic heterocycles. The van der Waals surface area contributed by atoms with E-state index in [1.807, 2.05) is 36.4 Å². The fourth-order valence-electron chi connectivity index (χ4n) is 3.05. The van der Waals surface area contributed by atoms with Crippen molar-refractivity contribution >= 4 is 34.6 Å². The predicted octanol–water partition coefficient (Wildman–Crippen LogP) is 4.41. The van der Waals surface area contributed by atoms with Gasteiger partial charge in [0.2, 0.25) is 0 Å². The molecule has 3 N–H and O–H groups in total. The first kappa shape index (κ1) is 19.8. The summed E-state index contributed by atoms with van der Waals surface area (Å²) in [6, 6.07) is 26.6. The number of nitrogens with zero attached hydrogens (tertiary/aromatic N) is 1. The lowest BCUT2D eigenvalue weighted by atomic mass is 10.0. The number of carbonyl (C=O) groups excluding carboxylic acids is 2. The quantitative estimate of drug-likeness (QED) is 0.168. The van der Waals surface area contributed by atoms with E-state index in [1.165, 1.54) is 6.21 Å². The Hall–Kier alpha value is -4.45. The maximum atomic E-state index is 12.6. The van der Waals surface area contributed by atoms with E-state index in [-0.39, 0.29) is 5.91 Å². The zero-order valence-corrected chi connectivity index (χ0v) is 16.5. The van der Waals surface area contributed by atoms with Gasteiger partial charge in [0.1, 0.15) is 5.75 Å². The van der Waals surface area contributed by atoms with Crippen molar-refractivity contribution < 1.29 is 14.3 Å². The molecule has 0 aromatic heterocycles. The summed E-state index contributed by atoms with van der Waals surface area (Å²) in [6.45, 7) is 0. The summed E-state index contributed by atoms with van der Waals surface area (Å²) in [5, 5.41) is 5.77. The Morgan fingerprint density at radius 3 is 2.32 bits per heavy atom. The number of hydrogen-bond donors (Lipinski definition) is 2. The summed E-state index contributed by atoms with van der Waals surface area (Å²) in [7, 11) is 0. The van der Waals surface area contributed by atoms with Gasteiger partial charge in [-0.25, -0.2) is 10.2 Å². The van der Waals surface area contributed by atoms with Gasteiger partial charge in [0, 0.05) is 11.3 Å². The van der Waals surface area contributed by atoms with Gasteiger partial charge in [0.05, 0.1) is 11.8 Å². The van der Waals surface area contributed by atoms with Gasteiger partial charge < -0.3 is 10.5 Å². The number of hydrogen-bond acceptors (Lipinski definition) is 5. The Balaban J connectivity index is 1.39. The Bertz CT molecular complexity index is 1260. The Labute approximate surface area is 179 Å². The molecule has 0 atom stereocenters. The topological polar surface area (TPSA) is 93.8 Å². The maximum absolute atomic E-state index is 12.6. The highest BCUT2D eigenvalue weighted by atomic mass is 16.5. The molecule has 0 bridgehead atoms. The lowest BCUT2D eigenvalue weighted by Crippen LogP contribution is -2.17. The third kappa shape index (κ3) is 4.76. The number of nitrogens with two attached hydrogens (primary N) is 1. The van der Waals surface area contributed by atoms with Crippen molar-refractivity contribution in [1.82, 2.24) is 5.43 Å². The molecule has 152 valence electrons. The van der Waals surface area contributed by atoms with E-state index >= 15 is 0 Å². The van der Waals surface area contributed by atoms with Gasteiger partial charge in [-0.05, 0) is 70.9 Å². The molecule has 0 spiro atoms. The van der Waals surface area contributed by atoms with E-state index < -0.39 is 5.97 Å². The van der Waals surface area contributed by atoms with E-state index in [0.717, 1.165) is 16.3 Å². The Morgan fingerprint density at radius 2 is 1.55 bits per heavy atom. The molecule has 0 fully saturated rings. The summed E-state index contributed by atoms with van der Waals surface area (Å²) in [5.41, 5.74) is 10.4. The van der Waals surface area contributed by atoms with Crippen LogP contribution in [0.5, 0.6) is 5.75 Å². The van der Waals surface area contributed by atoms with Crippen LogP contribution in [0.2, 0.25) is 0 Å². The molecule has 1 amide bonds. The zero-order chi connectivity index (χ0) is 21.6. The third-order valence-corrected chi connectivity index (χ3v) is 4.65. The van der Waals surface area contributed by atoms with Crippen LogP contribution in [0, 0.1) is 0 Å². The van der Waals surface area contributed by atoms with Gasteiger partial charge in [-0.1, -0.05) is 36.4 Å². The van der Waals surface area contributed by atoms with Gasteiger partial charge in [-0.2, -0.15) is 5.10 Å². The number of carbonyl (C=O) groups is 2. The SMILES string of the molecule is Nc1ccc(C(=O)N/N=C/c2ccc(OC(=O)c3cccc4ccccc34)cc2)cc1. The van der Waals surface area contributed by atoms with E-state index in [1.54, 1.807) is 54.6 Å². The number of nitrogen functional groups attached to an aromatic ring is 1. The molecule has 6 nitrogen and oxygen atoms in total. The van der Waals surface area contributed by atoms with Crippen LogP contribution in [0.1, 0.15) is 26.3 Å². The molecule has 4 rings (SSSR count). The minimum atomic E-state index is -0.422. The standard InChI is InChI=1S/C25H19N3O3/c26-20-12-10-19(11-13-20)24(29)28-27-16-17-8-14-21(15-9-17)31-25(30)23-7-3-5-18-4-1-2-6-22(18)23/h1-16H,26H2,(H,28,29)/b27-16+. The number of benzene rings is 4. The van der Waals surface area contributed by atoms with Crippen LogP contribution in [-0.2, 0) is 0 Å². The smallest absolute Gasteiger partial charge is 0.344 e. The van der Waals surface area contributed by atoms with Gasteiger partial charge >= 0.3 is 5.97 Å². The molecule has 0 radical (unpaired) electrons. The number of esters is 1. The van der Waals surface area contributed by atoms with Crippen LogP contribution in [0.25, 0.3) is 10.8 Å². The van der Waals surface area contributed by atoms with E-state index in [9.17, 15) is 9.59 Å². The van der Waals surface area contributed by atoms with Gasteiger partial charge in [0.25, 0.3) is 5.91 Å². The van der Waals surface area contributed by atoms with Crippen molar-refractivity contribution in [3.63, 3.8) is 0 Å². The fraction of sp³-hybridized carbons (Fsp3) is 0. The summed E-state index contributed by atoms with van der Waals surface area (Å²) in [6.07, 6.45) is 1.51. The molecular weight excluding hydrogens is 390 g/mol. The first-order chi connectivity index (χ1) is 15.1. The van der Waals surface area contributed by atoms with Crippen LogP contribution in [0.15, 0.2) is 96.1 Å². The predicted molar refractivity (Wildman–Crippen MR) is 121 cm³/mol. The minimum absolute atomic E-state index is 0.336. The zero-order valence-electron chi connectivity index (χ0n) is 16.5. The highest BCUT2D eigenvalue weighted by molar-refractivity contribution is 6.05. The van der Waals surface area contributed by atoms with E-state index in [2.05, 4.69) is 10.5 Å². The van der Waals surface area contributed by atoms with Gasteiger partial charge in [-0.3, -0.25) is 4.79 Å². The number of fused-ring (bicyclic) bond motifs is 1. The van der Waals surface area contributed by atoms with Crippen LogP contribution in [0.4, 0.5) is 5.69 Å². The number of nitrogens with one attached hydrogen (secondary N) is 1. The fourth-order valence-corrected chi connectivity index (χ4v) is 3.05. The highest BCUT2D eigenvalue weighted by Gasteiger charge is 2.12. The van der Waals surface area contributed by atoms with Gasteiger partial charge in [-0.15, -0.1) is 0 Å². The summed E-state index contributed by atoms with van der Waals surface area (Å²) in [4.78, 5) is 24.6. The van der Waals surface area contributed by atoms with Crippen molar-refractivity contribution in [2.24, 2.45) is 5.10 Å². The maximum Gasteiger partial charge on any atom is 0.344 e. The van der Waals surface area contributed by atoms with Crippen molar-refractivity contribution in [1.29, 1.82) is 0 Å². The number of rotatable bonds is 5. The van der Waals surface area contributed by atoms with Crippen LogP contribution < -0.4 is 15.9 Å². The van der Waals surface area contributed by atoms with Crippen molar-refractivity contribution in [3.05, 3.63) is 108 Å². The normalized spacial score (nSPS) is 10.8. The summed E-state index contributed by atoms with van der Waals surface area (Å²) in [5.74, 6) is -0.341. The number of anilines is 1. The molecule has 0 unspecified atom stereocenters. The van der Waals surface area contributed by atoms with Crippen LogP contribution in [-0.4, -0.2) is 18.1 Å². The van der Waals surface area contributed by atoms with E-state index in [0.29, 0.717) is 22.6 Å². The summed E-state index contributed by atoms with van der Waals surface area (Å²) < 4.78 is 5.51. The highest BCUT2D eigenvalue weighted by Crippen LogP contribution is 2.21. The Morgan fingerprint density at radius 1 is 0.839 bits per heavy atom. The molecule has 31 heavy (non-hydrogen) atoms. The van der Waals surface area contributed by atoms with Crippen LogP contribution in [0.3, 0.4) is 0 Å². The Kier molecular flexibility index (Phi) is 5.71. The average Bonchev–Trinajstić information content (AvgIpc) is 2.80. The van der Waals surface area contributed by atoms with Crippen LogP contribution >= 0.6 is 0 Å². The summed E-state index contributed by atoms with van der Waals surface area (Å²) >= 11 is 0. The minimum Gasteiger partial charge on any atom is -0.423 e. The molecule has 4 aromatic carbocycles. The van der Waals surface area contributed by atoms with Crippen molar-refractivity contribution in [3.8, 4) is 5.75 Å². The number of hydrazone groups is 1. The molecule has 0 aliphatic rings. The number of amides is 1. The molecule has 4 aromatic rings. The van der Waals surface area contributed by atoms with Crippen molar-refractivity contribution in [2.45, 2.75) is 0 Å². The second kappa shape index (κ2) is 8.92.